The van der Waals surface area contributed by atoms with Crippen LogP contribution >= 0.6 is 11.3 Å². The zero-order valence-electron chi connectivity index (χ0n) is 11.7. The van der Waals surface area contributed by atoms with Crippen LogP contribution in [0, 0.1) is 0 Å². The second-order valence-electron chi connectivity index (χ2n) is 5.12. The lowest BCUT2D eigenvalue weighted by Crippen LogP contribution is -2.38. The molecule has 1 aliphatic rings. The quantitative estimate of drug-likeness (QED) is 0.917. The summed E-state index contributed by atoms with van der Waals surface area (Å²) >= 11 is 1.74. The van der Waals surface area contributed by atoms with Gasteiger partial charge in [0.1, 0.15) is 5.75 Å². The highest BCUT2D eigenvalue weighted by Gasteiger charge is 2.28. The summed E-state index contributed by atoms with van der Waals surface area (Å²) in [5, 5.41) is 3.65. The zero-order chi connectivity index (χ0) is 13.8. The number of hydrogen-bond acceptors (Lipinski definition) is 4. The van der Waals surface area contributed by atoms with Crippen LogP contribution < -0.4 is 10.1 Å². The van der Waals surface area contributed by atoms with Gasteiger partial charge in [0.2, 0.25) is 0 Å². The molecule has 0 radical (unpaired) electrons. The number of rotatable bonds is 5. The summed E-state index contributed by atoms with van der Waals surface area (Å²) in [6, 6.07) is 8.89. The highest BCUT2D eigenvalue weighted by atomic mass is 32.1. The summed E-state index contributed by atoms with van der Waals surface area (Å²) in [4.78, 5) is 5.54. The Morgan fingerprint density at radius 2 is 2.35 bits per heavy atom. The SMILES string of the molecule is CCNC(Cc1cncs1)C1CCOc2ccccc21. The summed E-state index contributed by atoms with van der Waals surface area (Å²) in [5.74, 6) is 1.57. The molecule has 3 rings (SSSR count). The van der Waals surface area contributed by atoms with Crippen LogP contribution in [0.4, 0.5) is 0 Å². The number of para-hydroxylation sites is 1. The fraction of sp³-hybridized carbons (Fsp3) is 0.438. The van der Waals surface area contributed by atoms with E-state index in [1.807, 2.05) is 17.8 Å². The smallest absolute Gasteiger partial charge is 0.122 e. The van der Waals surface area contributed by atoms with Gasteiger partial charge in [0.05, 0.1) is 12.1 Å². The molecule has 1 aliphatic heterocycles. The van der Waals surface area contributed by atoms with Crippen molar-refractivity contribution in [3.8, 4) is 5.75 Å². The van der Waals surface area contributed by atoms with Crippen molar-refractivity contribution in [3.63, 3.8) is 0 Å². The molecule has 1 aromatic carbocycles. The van der Waals surface area contributed by atoms with E-state index in [0.29, 0.717) is 12.0 Å². The van der Waals surface area contributed by atoms with Crippen molar-refractivity contribution in [2.24, 2.45) is 0 Å². The third-order valence-electron chi connectivity index (χ3n) is 3.86. The maximum Gasteiger partial charge on any atom is 0.122 e. The molecular formula is C16H20N2OS. The minimum atomic E-state index is 0.450. The molecule has 0 saturated heterocycles. The third kappa shape index (κ3) is 2.86. The summed E-state index contributed by atoms with van der Waals surface area (Å²) in [5.41, 5.74) is 3.25. The molecule has 1 N–H and O–H groups in total. The predicted octanol–water partition coefficient (Wildman–Crippen LogP) is 3.23. The van der Waals surface area contributed by atoms with Crippen LogP contribution in [-0.4, -0.2) is 24.2 Å². The first-order valence-corrected chi connectivity index (χ1v) is 8.09. The van der Waals surface area contributed by atoms with Gasteiger partial charge in [-0.1, -0.05) is 25.1 Å². The molecule has 2 aromatic rings. The lowest BCUT2D eigenvalue weighted by atomic mass is 9.85. The van der Waals surface area contributed by atoms with Gasteiger partial charge < -0.3 is 10.1 Å². The fourth-order valence-corrected chi connectivity index (χ4v) is 3.62. The predicted molar refractivity (Wildman–Crippen MR) is 82.6 cm³/mol. The van der Waals surface area contributed by atoms with Crippen molar-refractivity contribution >= 4 is 11.3 Å². The summed E-state index contributed by atoms with van der Waals surface area (Å²) in [6.07, 6.45) is 4.10. The molecule has 0 saturated carbocycles. The Balaban J connectivity index is 1.84. The van der Waals surface area contributed by atoms with E-state index in [1.54, 1.807) is 11.3 Å². The number of ether oxygens (including phenoxy) is 1. The summed E-state index contributed by atoms with van der Waals surface area (Å²) < 4.78 is 5.78. The molecule has 0 fully saturated rings. The number of likely N-dealkylation sites (N-methyl/N-ethyl adjacent to an activating group) is 1. The van der Waals surface area contributed by atoms with Crippen molar-refractivity contribution < 1.29 is 4.74 Å². The molecule has 106 valence electrons. The fourth-order valence-electron chi connectivity index (χ4n) is 2.97. The first-order chi connectivity index (χ1) is 9.88. The number of thiazole rings is 1. The average Bonchev–Trinajstić information content (AvgIpc) is 2.99. The second-order valence-corrected chi connectivity index (χ2v) is 6.09. The van der Waals surface area contributed by atoms with E-state index in [9.17, 15) is 0 Å². The first kappa shape index (κ1) is 13.6. The van der Waals surface area contributed by atoms with Gasteiger partial charge in [-0.3, -0.25) is 4.98 Å². The lowest BCUT2D eigenvalue weighted by molar-refractivity contribution is 0.245. The van der Waals surface area contributed by atoms with Crippen LogP contribution in [0.25, 0.3) is 0 Å². The highest BCUT2D eigenvalue weighted by Crippen LogP contribution is 2.36. The monoisotopic (exact) mass is 288 g/mol. The van der Waals surface area contributed by atoms with Crippen molar-refractivity contribution in [1.82, 2.24) is 10.3 Å². The molecule has 20 heavy (non-hydrogen) atoms. The molecule has 0 amide bonds. The molecule has 2 atom stereocenters. The molecule has 4 heteroatoms. The van der Waals surface area contributed by atoms with Gasteiger partial charge in [-0.15, -0.1) is 11.3 Å². The topological polar surface area (TPSA) is 34.2 Å². The molecule has 3 nitrogen and oxygen atoms in total. The Labute approximate surface area is 124 Å². The highest BCUT2D eigenvalue weighted by molar-refractivity contribution is 7.09. The minimum Gasteiger partial charge on any atom is -0.493 e. The Bertz CT molecular complexity index is 541. The van der Waals surface area contributed by atoms with Crippen LogP contribution in [-0.2, 0) is 6.42 Å². The van der Waals surface area contributed by atoms with Crippen LogP contribution in [0.2, 0.25) is 0 Å². The van der Waals surface area contributed by atoms with E-state index in [-0.39, 0.29) is 0 Å². The van der Waals surface area contributed by atoms with Crippen LogP contribution in [0.3, 0.4) is 0 Å². The first-order valence-electron chi connectivity index (χ1n) is 7.21. The normalized spacial score (nSPS) is 19.1. The van der Waals surface area contributed by atoms with Crippen molar-refractivity contribution in [2.45, 2.75) is 31.7 Å². The Hall–Kier alpha value is -1.39. The average molecular weight is 288 g/mol. The van der Waals surface area contributed by atoms with E-state index in [1.165, 1.54) is 10.4 Å². The molecule has 0 bridgehead atoms. The summed E-state index contributed by atoms with van der Waals surface area (Å²) in [6.45, 7) is 3.97. The molecule has 2 heterocycles. The van der Waals surface area contributed by atoms with Gasteiger partial charge in [-0.05, 0) is 31.0 Å². The Kier molecular flexibility index (Phi) is 4.33. The number of aromatic nitrogens is 1. The van der Waals surface area contributed by atoms with Gasteiger partial charge in [0.15, 0.2) is 0 Å². The molecule has 0 spiro atoms. The van der Waals surface area contributed by atoms with E-state index < -0.39 is 0 Å². The molecular weight excluding hydrogens is 268 g/mol. The van der Waals surface area contributed by atoms with Crippen molar-refractivity contribution in [2.75, 3.05) is 13.2 Å². The van der Waals surface area contributed by atoms with Crippen LogP contribution in [0.1, 0.15) is 29.7 Å². The van der Waals surface area contributed by atoms with Crippen molar-refractivity contribution in [3.05, 3.63) is 46.4 Å². The number of benzene rings is 1. The third-order valence-corrected chi connectivity index (χ3v) is 4.66. The molecule has 1 aromatic heterocycles. The van der Waals surface area contributed by atoms with Crippen LogP contribution in [0.5, 0.6) is 5.75 Å². The van der Waals surface area contributed by atoms with E-state index >= 15 is 0 Å². The number of nitrogens with zero attached hydrogens (tertiary/aromatic N) is 1. The van der Waals surface area contributed by atoms with Gasteiger partial charge >= 0.3 is 0 Å². The maximum atomic E-state index is 5.78. The van der Waals surface area contributed by atoms with E-state index in [0.717, 1.165) is 31.7 Å². The Morgan fingerprint density at radius 3 is 3.15 bits per heavy atom. The second kappa shape index (κ2) is 6.37. The number of nitrogens with one attached hydrogen (secondary N) is 1. The van der Waals surface area contributed by atoms with Gasteiger partial charge in [-0.25, -0.2) is 0 Å². The van der Waals surface area contributed by atoms with Gasteiger partial charge in [0.25, 0.3) is 0 Å². The van der Waals surface area contributed by atoms with E-state index in [2.05, 4.69) is 35.4 Å². The summed E-state index contributed by atoms with van der Waals surface area (Å²) in [7, 11) is 0. The van der Waals surface area contributed by atoms with Crippen LogP contribution in [0.15, 0.2) is 36.0 Å². The van der Waals surface area contributed by atoms with Gasteiger partial charge in [0, 0.05) is 23.0 Å². The molecule has 2 unspecified atom stereocenters. The van der Waals surface area contributed by atoms with Crippen molar-refractivity contribution in [1.29, 1.82) is 0 Å². The molecule has 0 aliphatic carbocycles. The number of hydrogen-bond donors (Lipinski definition) is 1. The zero-order valence-corrected chi connectivity index (χ0v) is 12.5. The van der Waals surface area contributed by atoms with E-state index in [4.69, 9.17) is 4.74 Å². The minimum absolute atomic E-state index is 0.450. The Morgan fingerprint density at radius 1 is 1.45 bits per heavy atom. The largest absolute Gasteiger partial charge is 0.493 e. The standard InChI is InChI=1S/C16H20N2OS/c1-2-18-15(9-12-10-17-11-20-12)13-7-8-19-16-6-4-3-5-14(13)16/h3-6,10-11,13,15,18H,2,7-9H2,1H3. The lowest BCUT2D eigenvalue weighted by Gasteiger charge is -2.32. The number of fused-ring (bicyclic) bond motifs is 1. The maximum absolute atomic E-state index is 5.78. The van der Waals surface area contributed by atoms with Gasteiger partial charge in [-0.2, -0.15) is 0 Å².